The van der Waals surface area contributed by atoms with Crippen molar-refractivity contribution in [1.29, 1.82) is 0 Å². The monoisotopic (exact) mass is 352 g/mol. The molecule has 116 valence electrons. The predicted molar refractivity (Wildman–Crippen MR) is 71.0 cm³/mol. The Labute approximate surface area is 128 Å². The molecule has 1 aromatic heterocycles. The molecular formula is C10H4ClF3N4O3S. The molecule has 1 N–H and O–H groups in total. The van der Waals surface area contributed by atoms with Crippen molar-refractivity contribution in [3.63, 3.8) is 0 Å². The Morgan fingerprint density at radius 1 is 1.36 bits per heavy atom. The summed E-state index contributed by atoms with van der Waals surface area (Å²) in [6, 6.07) is 3.08. The van der Waals surface area contributed by atoms with Crippen LogP contribution < -0.4 is 5.32 Å². The smallest absolute Gasteiger partial charge is 0.296 e. The largest absolute Gasteiger partial charge is 0.445 e. The summed E-state index contributed by atoms with van der Waals surface area (Å²) >= 11 is 5.88. The van der Waals surface area contributed by atoms with Crippen molar-refractivity contribution in [2.24, 2.45) is 0 Å². The van der Waals surface area contributed by atoms with Gasteiger partial charge in [-0.15, -0.1) is 10.2 Å². The van der Waals surface area contributed by atoms with Gasteiger partial charge in [-0.2, -0.15) is 13.2 Å². The fourth-order valence-corrected chi connectivity index (χ4v) is 2.22. The number of carbonyl (C=O) groups is 1. The number of nitrogens with zero attached hydrogens (tertiary/aromatic N) is 3. The van der Waals surface area contributed by atoms with Gasteiger partial charge < -0.3 is 0 Å². The van der Waals surface area contributed by atoms with Crippen molar-refractivity contribution in [3.8, 4) is 0 Å². The Balaban J connectivity index is 2.19. The van der Waals surface area contributed by atoms with Gasteiger partial charge in [-0.25, -0.2) is 0 Å². The van der Waals surface area contributed by atoms with Crippen molar-refractivity contribution in [2.45, 2.75) is 6.18 Å². The van der Waals surface area contributed by atoms with E-state index in [0.717, 1.165) is 18.2 Å². The molecule has 22 heavy (non-hydrogen) atoms. The third kappa shape index (κ3) is 3.49. The van der Waals surface area contributed by atoms with Crippen molar-refractivity contribution >= 4 is 39.7 Å². The van der Waals surface area contributed by atoms with Crippen LogP contribution in [0.25, 0.3) is 0 Å². The standard InChI is InChI=1S/C10H4ClF3N4O3S/c11-6-3-4(18(20)21)1-2-5(6)7(19)15-9-17-16-8(22-9)10(12,13)14/h1-3H,(H,15,17,19). The van der Waals surface area contributed by atoms with Crippen LogP contribution in [0.15, 0.2) is 18.2 Å². The molecule has 0 radical (unpaired) electrons. The number of carbonyl (C=O) groups excluding carboxylic acids is 1. The van der Waals surface area contributed by atoms with E-state index in [2.05, 4.69) is 15.5 Å². The predicted octanol–water partition coefficient (Wildman–Crippen LogP) is 3.37. The summed E-state index contributed by atoms with van der Waals surface area (Å²) in [5.74, 6) is -0.857. The highest BCUT2D eigenvalue weighted by molar-refractivity contribution is 7.15. The summed E-state index contributed by atoms with van der Waals surface area (Å²) in [5.41, 5.74) is -0.465. The number of anilines is 1. The normalized spacial score (nSPS) is 11.3. The molecule has 0 saturated heterocycles. The molecule has 12 heteroatoms. The Morgan fingerprint density at radius 2 is 2.05 bits per heavy atom. The van der Waals surface area contributed by atoms with Crippen LogP contribution in [0.4, 0.5) is 24.0 Å². The summed E-state index contributed by atoms with van der Waals surface area (Å²) < 4.78 is 37.1. The second kappa shape index (κ2) is 5.85. The average molecular weight is 353 g/mol. The molecule has 0 aliphatic heterocycles. The number of nitrogens with one attached hydrogen (secondary N) is 1. The molecular weight excluding hydrogens is 349 g/mol. The van der Waals surface area contributed by atoms with Crippen LogP contribution in [0.3, 0.4) is 0 Å². The van der Waals surface area contributed by atoms with E-state index in [4.69, 9.17) is 11.6 Å². The zero-order valence-corrected chi connectivity index (χ0v) is 11.8. The highest BCUT2D eigenvalue weighted by atomic mass is 35.5. The highest BCUT2D eigenvalue weighted by Gasteiger charge is 2.35. The summed E-state index contributed by atoms with van der Waals surface area (Å²) in [5, 5.41) is 16.9. The first-order valence-corrected chi connectivity index (χ1v) is 6.54. The lowest BCUT2D eigenvalue weighted by molar-refractivity contribution is -0.384. The van der Waals surface area contributed by atoms with E-state index in [0.29, 0.717) is 0 Å². The molecule has 0 fully saturated rings. The summed E-state index contributed by atoms with van der Waals surface area (Å²) in [6.45, 7) is 0. The second-order valence-corrected chi connectivity index (χ2v) is 5.17. The summed E-state index contributed by atoms with van der Waals surface area (Å²) in [4.78, 5) is 21.7. The number of nitro benzene ring substituents is 1. The Morgan fingerprint density at radius 3 is 2.55 bits per heavy atom. The molecule has 0 aliphatic carbocycles. The fourth-order valence-electron chi connectivity index (χ4n) is 1.35. The number of alkyl halides is 3. The Kier molecular flexibility index (Phi) is 4.28. The van der Waals surface area contributed by atoms with Gasteiger partial charge in [-0.05, 0) is 6.07 Å². The van der Waals surface area contributed by atoms with Crippen LogP contribution in [0.2, 0.25) is 5.02 Å². The maximum atomic E-state index is 12.4. The van der Waals surface area contributed by atoms with Crippen molar-refractivity contribution in [2.75, 3.05) is 5.32 Å². The highest BCUT2D eigenvalue weighted by Crippen LogP contribution is 2.33. The van der Waals surface area contributed by atoms with Crippen LogP contribution in [-0.4, -0.2) is 21.0 Å². The topological polar surface area (TPSA) is 98.0 Å². The third-order valence-corrected chi connectivity index (χ3v) is 3.49. The quantitative estimate of drug-likeness (QED) is 0.674. The van der Waals surface area contributed by atoms with E-state index in [-0.39, 0.29) is 32.7 Å². The van der Waals surface area contributed by atoms with Gasteiger partial charge in [-0.3, -0.25) is 20.2 Å². The van der Waals surface area contributed by atoms with E-state index in [1.54, 1.807) is 0 Å². The lowest BCUT2D eigenvalue weighted by Crippen LogP contribution is -2.12. The number of halogens is 4. The van der Waals surface area contributed by atoms with E-state index >= 15 is 0 Å². The number of benzene rings is 1. The number of nitro groups is 1. The van der Waals surface area contributed by atoms with Crippen LogP contribution in [0.5, 0.6) is 0 Å². The summed E-state index contributed by atoms with van der Waals surface area (Å²) in [6.07, 6.45) is -4.66. The van der Waals surface area contributed by atoms with Crippen molar-refractivity contribution in [3.05, 3.63) is 43.9 Å². The lowest BCUT2D eigenvalue weighted by atomic mass is 10.2. The van der Waals surface area contributed by atoms with Gasteiger partial charge >= 0.3 is 6.18 Å². The first-order valence-electron chi connectivity index (χ1n) is 5.34. The van der Waals surface area contributed by atoms with Crippen LogP contribution in [0.1, 0.15) is 15.4 Å². The van der Waals surface area contributed by atoms with Crippen molar-refractivity contribution < 1.29 is 22.9 Å². The summed E-state index contributed by atoms with van der Waals surface area (Å²) in [7, 11) is 0. The fraction of sp³-hybridized carbons (Fsp3) is 0.100. The molecule has 7 nitrogen and oxygen atoms in total. The average Bonchev–Trinajstić information content (AvgIpc) is 2.86. The molecule has 0 aliphatic rings. The SMILES string of the molecule is O=C(Nc1nnc(C(F)(F)F)s1)c1ccc([N+](=O)[O-])cc1Cl. The molecule has 2 rings (SSSR count). The first-order chi connectivity index (χ1) is 10.2. The second-order valence-electron chi connectivity index (χ2n) is 3.79. The number of rotatable bonds is 3. The molecule has 0 unspecified atom stereocenters. The van der Waals surface area contributed by atoms with E-state index < -0.39 is 22.0 Å². The van der Waals surface area contributed by atoms with Gasteiger partial charge in [0.1, 0.15) is 0 Å². The molecule has 0 bridgehead atoms. The number of non-ortho nitro benzene ring substituents is 1. The van der Waals surface area contributed by atoms with Gasteiger partial charge in [0.25, 0.3) is 11.6 Å². The lowest BCUT2D eigenvalue weighted by Gasteiger charge is -2.03. The molecule has 0 atom stereocenters. The maximum absolute atomic E-state index is 12.4. The van der Waals surface area contributed by atoms with E-state index in [9.17, 15) is 28.1 Å². The van der Waals surface area contributed by atoms with E-state index in [1.807, 2.05) is 0 Å². The maximum Gasteiger partial charge on any atom is 0.445 e. The van der Waals surface area contributed by atoms with Crippen LogP contribution in [-0.2, 0) is 6.18 Å². The molecule has 2 aromatic rings. The molecule has 0 spiro atoms. The molecule has 1 aromatic carbocycles. The van der Waals surface area contributed by atoms with Gasteiger partial charge in [0, 0.05) is 12.1 Å². The molecule has 1 amide bonds. The van der Waals surface area contributed by atoms with Crippen LogP contribution in [0, 0.1) is 10.1 Å². The van der Waals surface area contributed by atoms with Crippen LogP contribution >= 0.6 is 22.9 Å². The van der Waals surface area contributed by atoms with Crippen molar-refractivity contribution in [1.82, 2.24) is 10.2 Å². The third-order valence-electron chi connectivity index (χ3n) is 2.30. The minimum atomic E-state index is -4.66. The first kappa shape index (κ1) is 16.1. The number of hydrogen-bond acceptors (Lipinski definition) is 6. The number of amides is 1. The van der Waals surface area contributed by atoms with E-state index in [1.165, 1.54) is 0 Å². The van der Waals surface area contributed by atoms with Gasteiger partial charge in [0.15, 0.2) is 0 Å². The van der Waals surface area contributed by atoms with Gasteiger partial charge in [0.2, 0.25) is 10.1 Å². The minimum absolute atomic E-state index is 0.143. The molecule has 0 saturated carbocycles. The zero-order chi connectivity index (χ0) is 16.5. The van der Waals surface area contributed by atoms with Gasteiger partial charge in [0.05, 0.1) is 15.5 Å². The zero-order valence-electron chi connectivity index (χ0n) is 10.2. The minimum Gasteiger partial charge on any atom is -0.296 e. The number of aromatic nitrogens is 2. The Bertz CT molecular complexity index is 749. The van der Waals surface area contributed by atoms with Gasteiger partial charge in [-0.1, -0.05) is 22.9 Å². The number of hydrogen-bond donors (Lipinski definition) is 1. The Hall–Kier alpha value is -2.27. The molecule has 1 heterocycles.